The number of hydrogen-bond donors (Lipinski definition) is 1. The molecule has 0 radical (unpaired) electrons. The molecule has 5 heteroatoms. The summed E-state index contributed by atoms with van der Waals surface area (Å²) in [5, 5.41) is 2.08. The number of nitrogens with zero attached hydrogens (tertiary/aromatic N) is 3. The molecule has 0 saturated heterocycles. The Kier molecular flexibility index (Phi) is 3.21. The minimum absolute atomic E-state index is 0.204. The van der Waals surface area contributed by atoms with Crippen molar-refractivity contribution in [3.63, 3.8) is 0 Å². The van der Waals surface area contributed by atoms with E-state index in [0.717, 1.165) is 12.2 Å². The lowest BCUT2D eigenvalue weighted by molar-refractivity contribution is 0.342. The van der Waals surface area contributed by atoms with E-state index < -0.39 is 0 Å². The average Bonchev–Trinajstić information content (AvgIpc) is 3.03. The Bertz CT molecular complexity index is 574. The van der Waals surface area contributed by atoms with Gasteiger partial charge in [-0.1, -0.05) is 12.1 Å². The minimum Gasteiger partial charge on any atom is -0.370 e. The third-order valence-electron chi connectivity index (χ3n) is 3.32. The molecule has 4 nitrogen and oxygen atoms in total. The van der Waals surface area contributed by atoms with E-state index in [1.807, 2.05) is 19.2 Å². The van der Waals surface area contributed by atoms with Gasteiger partial charge in [-0.2, -0.15) is 0 Å². The van der Waals surface area contributed by atoms with Crippen molar-refractivity contribution >= 4 is 17.3 Å². The molecule has 0 saturated carbocycles. The number of guanidine groups is 1. The predicted molar refractivity (Wildman–Crippen MR) is 78.1 cm³/mol. The van der Waals surface area contributed by atoms with Gasteiger partial charge < -0.3 is 10.6 Å². The van der Waals surface area contributed by atoms with Crippen LogP contribution in [0, 0.1) is 6.92 Å². The zero-order valence-corrected chi connectivity index (χ0v) is 11.6. The van der Waals surface area contributed by atoms with Crippen molar-refractivity contribution in [1.82, 2.24) is 9.88 Å². The summed E-state index contributed by atoms with van der Waals surface area (Å²) < 4.78 is 0. The zero-order chi connectivity index (χ0) is 13.2. The lowest BCUT2D eigenvalue weighted by Gasteiger charge is -2.25. The molecule has 1 aliphatic heterocycles. The minimum atomic E-state index is 0.204. The van der Waals surface area contributed by atoms with Crippen LogP contribution in [0.4, 0.5) is 0 Å². The van der Waals surface area contributed by atoms with Crippen molar-refractivity contribution in [3.05, 3.63) is 52.0 Å². The first-order valence-corrected chi connectivity index (χ1v) is 7.13. The molecular formula is C14H16N4S. The van der Waals surface area contributed by atoms with Crippen LogP contribution in [0.15, 0.2) is 40.8 Å². The molecule has 2 N–H and O–H groups in total. The van der Waals surface area contributed by atoms with Crippen LogP contribution < -0.4 is 5.73 Å². The summed E-state index contributed by atoms with van der Waals surface area (Å²) in [4.78, 5) is 12.2. The van der Waals surface area contributed by atoms with Gasteiger partial charge in [0.15, 0.2) is 5.96 Å². The summed E-state index contributed by atoms with van der Waals surface area (Å²) in [5.74, 6) is 0.624. The van der Waals surface area contributed by atoms with Crippen molar-refractivity contribution in [3.8, 4) is 0 Å². The number of aliphatic imine (C=N–C) groups is 1. The summed E-state index contributed by atoms with van der Waals surface area (Å²) in [6.07, 6.45) is 1.93. The van der Waals surface area contributed by atoms with Crippen molar-refractivity contribution in [2.45, 2.75) is 19.5 Å². The molecule has 1 atom stereocenters. The van der Waals surface area contributed by atoms with Gasteiger partial charge in [0, 0.05) is 16.8 Å². The van der Waals surface area contributed by atoms with E-state index in [2.05, 4.69) is 38.5 Å². The maximum absolute atomic E-state index is 6.01. The monoisotopic (exact) mass is 272 g/mol. The van der Waals surface area contributed by atoms with E-state index in [1.165, 1.54) is 10.4 Å². The predicted octanol–water partition coefficient (Wildman–Crippen LogP) is 2.32. The number of nitrogens with two attached hydrogens (primary N) is 1. The molecule has 3 heterocycles. The fraction of sp³-hybridized carbons (Fsp3) is 0.286. The Morgan fingerprint density at radius 2 is 2.32 bits per heavy atom. The van der Waals surface area contributed by atoms with Crippen LogP contribution in [0.5, 0.6) is 0 Å². The maximum atomic E-state index is 6.01. The highest BCUT2D eigenvalue weighted by molar-refractivity contribution is 7.09. The van der Waals surface area contributed by atoms with Gasteiger partial charge in [0.2, 0.25) is 0 Å². The van der Waals surface area contributed by atoms with E-state index >= 15 is 0 Å². The standard InChI is InChI=1S/C14H16N4S/c1-10-4-5-11(7-16-10)13-8-17-14(15)18(13)9-12-3-2-6-19-12/h2-7,13H,8-9H2,1H3,(H2,15,17). The molecule has 1 aliphatic rings. The normalized spacial score (nSPS) is 18.7. The molecule has 19 heavy (non-hydrogen) atoms. The van der Waals surface area contributed by atoms with Crippen molar-refractivity contribution < 1.29 is 0 Å². The van der Waals surface area contributed by atoms with Gasteiger partial charge in [-0.25, -0.2) is 0 Å². The molecule has 0 bridgehead atoms. The van der Waals surface area contributed by atoms with Crippen molar-refractivity contribution in [1.29, 1.82) is 0 Å². The zero-order valence-electron chi connectivity index (χ0n) is 10.8. The van der Waals surface area contributed by atoms with E-state index in [0.29, 0.717) is 12.5 Å². The van der Waals surface area contributed by atoms with Crippen LogP contribution in [0.25, 0.3) is 0 Å². The topological polar surface area (TPSA) is 54.5 Å². The Morgan fingerprint density at radius 3 is 3.00 bits per heavy atom. The molecule has 2 aromatic heterocycles. The van der Waals surface area contributed by atoms with Gasteiger partial charge in [-0.05, 0) is 30.0 Å². The fourth-order valence-electron chi connectivity index (χ4n) is 2.25. The molecule has 0 amide bonds. The van der Waals surface area contributed by atoms with E-state index in [-0.39, 0.29) is 6.04 Å². The molecule has 0 aliphatic carbocycles. The van der Waals surface area contributed by atoms with Crippen molar-refractivity contribution in [2.24, 2.45) is 10.7 Å². The highest BCUT2D eigenvalue weighted by Crippen LogP contribution is 2.27. The van der Waals surface area contributed by atoms with Crippen LogP contribution in [-0.4, -0.2) is 22.4 Å². The van der Waals surface area contributed by atoms with Gasteiger partial charge in [0.1, 0.15) is 0 Å². The van der Waals surface area contributed by atoms with Crippen molar-refractivity contribution in [2.75, 3.05) is 6.54 Å². The van der Waals surface area contributed by atoms with Gasteiger partial charge in [-0.3, -0.25) is 9.98 Å². The molecule has 0 fully saturated rings. The third-order valence-corrected chi connectivity index (χ3v) is 4.18. The number of aromatic nitrogens is 1. The van der Waals surface area contributed by atoms with Crippen LogP contribution in [0.3, 0.4) is 0 Å². The Hall–Kier alpha value is -1.88. The van der Waals surface area contributed by atoms with E-state index in [9.17, 15) is 0 Å². The smallest absolute Gasteiger partial charge is 0.192 e. The summed E-state index contributed by atoms with van der Waals surface area (Å²) in [5.41, 5.74) is 8.21. The Balaban J connectivity index is 1.83. The molecule has 2 aromatic rings. The largest absolute Gasteiger partial charge is 0.370 e. The van der Waals surface area contributed by atoms with Gasteiger partial charge in [-0.15, -0.1) is 11.3 Å². The number of aryl methyl sites for hydroxylation is 1. The summed E-state index contributed by atoms with van der Waals surface area (Å²) in [6.45, 7) is 3.51. The molecular weight excluding hydrogens is 256 g/mol. The second kappa shape index (κ2) is 5.01. The highest BCUT2D eigenvalue weighted by Gasteiger charge is 2.27. The summed E-state index contributed by atoms with van der Waals surface area (Å²) in [6, 6.07) is 8.54. The Morgan fingerprint density at radius 1 is 1.42 bits per heavy atom. The first kappa shape index (κ1) is 12.2. The number of thiophene rings is 1. The maximum Gasteiger partial charge on any atom is 0.192 e. The Labute approximate surface area is 116 Å². The van der Waals surface area contributed by atoms with Crippen LogP contribution in [0.2, 0.25) is 0 Å². The SMILES string of the molecule is Cc1ccc(C2CN=C(N)N2Cc2cccs2)cn1. The fourth-order valence-corrected chi connectivity index (χ4v) is 2.96. The molecule has 1 unspecified atom stereocenters. The van der Waals surface area contributed by atoms with E-state index in [1.54, 1.807) is 11.3 Å². The number of rotatable bonds is 3. The molecule has 98 valence electrons. The van der Waals surface area contributed by atoms with Crippen LogP contribution >= 0.6 is 11.3 Å². The molecule has 0 aromatic carbocycles. The summed E-state index contributed by atoms with van der Waals surface area (Å²) in [7, 11) is 0. The first-order valence-electron chi connectivity index (χ1n) is 6.25. The van der Waals surface area contributed by atoms with E-state index in [4.69, 9.17) is 5.73 Å². The van der Waals surface area contributed by atoms with Crippen LogP contribution in [0.1, 0.15) is 22.2 Å². The highest BCUT2D eigenvalue weighted by atomic mass is 32.1. The average molecular weight is 272 g/mol. The number of hydrogen-bond acceptors (Lipinski definition) is 5. The lowest BCUT2D eigenvalue weighted by atomic mass is 10.1. The second-order valence-electron chi connectivity index (χ2n) is 4.65. The van der Waals surface area contributed by atoms with Crippen LogP contribution in [-0.2, 0) is 6.54 Å². The summed E-state index contributed by atoms with van der Waals surface area (Å²) >= 11 is 1.74. The second-order valence-corrected chi connectivity index (χ2v) is 5.69. The third kappa shape index (κ3) is 2.46. The quantitative estimate of drug-likeness (QED) is 0.933. The molecule has 0 spiro atoms. The lowest BCUT2D eigenvalue weighted by Crippen LogP contribution is -2.35. The number of pyridine rings is 1. The van der Waals surface area contributed by atoms with Gasteiger partial charge >= 0.3 is 0 Å². The first-order chi connectivity index (χ1) is 9.24. The van der Waals surface area contributed by atoms with Gasteiger partial charge in [0.25, 0.3) is 0 Å². The molecule has 3 rings (SSSR count). The van der Waals surface area contributed by atoms with Gasteiger partial charge in [0.05, 0.1) is 19.1 Å².